The van der Waals surface area contributed by atoms with Gasteiger partial charge >= 0.3 is 0 Å². The van der Waals surface area contributed by atoms with Gasteiger partial charge in [0, 0.05) is 30.7 Å². The third kappa shape index (κ3) is 4.86. The SMILES string of the molecule is COC[C@@H](O)C(=O)N1CC2(CC2)[C@H](NS(=O)(=O)CF)[C@@H]1Cc1cccc(-c2ccccc2)c1F. The van der Waals surface area contributed by atoms with E-state index in [1.807, 2.05) is 6.07 Å². The number of nitrogens with zero attached hydrogens (tertiary/aromatic N) is 1. The lowest BCUT2D eigenvalue weighted by atomic mass is 9.91. The second-order valence-electron chi connectivity index (χ2n) is 9.04. The molecular formula is C24H28F2N2O5S. The number of ether oxygens (including phenoxy) is 1. The fourth-order valence-electron chi connectivity index (χ4n) is 4.89. The predicted molar refractivity (Wildman–Crippen MR) is 122 cm³/mol. The van der Waals surface area contributed by atoms with E-state index in [0.717, 1.165) is 0 Å². The molecule has 1 aliphatic heterocycles. The Kier molecular flexibility index (Phi) is 7.04. The van der Waals surface area contributed by atoms with Crippen molar-refractivity contribution in [2.75, 3.05) is 26.3 Å². The largest absolute Gasteiger partial charge is 0.381 e. The maximum absolute atomic E-state index is 15.6. The van der Waals surface area contributed by atoms with Crippen LogP contribution >= 0.6 is 0 Å². The molecule has 3 atom stereocenters. The highest BCUT2D eigenvalue weighted by Gasteiger charge is 2.61. The van der Waals surface area contributed by atoms with Gasteiger partial charge in [-0.05, 0) is 30.4 Å². The van der Waals surface area contributed by atoms with Crippen LogP contribution in [0.5, 0.6) is 0 Å². The summed E-state index contributed by atoms with van der Waals surface area (Å²) < 4.78 is 60.4. The Morgan fingerprint density at radius 3 is 2.56 bits per heavy atom. The molecule has 7 nitrogen and oxygen atoms in total. The fourth-order valence-corrected chi connectivity index (χ4v) is 5.75. The lowest BCUT2D eigenvalue weighted by Crippen LogP contribution is -2.52. The molecule has 1 spiro atoms. The minimum absolute atomic E-state index is 0.000822. The van der Waals surface area contributed by atoms with Crippen molar-refractivity contribution in [3.05, 3.63) is 59.9 Å². The molecule has 184 valence electrons. The van der Waals surface area contributed by atoms with Crippen molar-refractivity contribution < 1.29 is 31.8 Å². The number of likely N-dealkylation sites (tertiary alicyclic amines) is 1. The molecule has 0 unspecified atom stereocenters. The molecule has 10 heteroatoms. The van der Waals surface area contributed by atoms with E-state index in [0.29, 0.717) is 29.5 Å². The molecule has 1 heterocycles. The van der Waals surface area contributed by atoms with Gasteiger partial charge in [-0.2, -0.15) is 0 Å². The molecule has 0 radical (unpaired) electrons. The number of rotatable bonds is 9. The van der Waals surface area contributed by atoms with Gasteiger partial charge in [-0.3, -0.25) is 4.79 Å². The van der Waals surface area contributed by atoms with Crippen LogP contribution in [0.3, 0.4) is 0 Å². The van der Waals surface area contributed by atoms with Gasteiger partial charge in [0.1, 0.15) is 5.82 Å². The van der Waals surface area contributed by atoms with Crippen LogP contribution in [0, 0.1) is 11.2 Å². The summed E-state index contributed by atoms with van der Waals surface area (Å²) in [5.41, 5.74) is 0.802. The van der Waals surface area contributed by atoms with Crippen molar-refractivity contribution in [2.45, 2.75) is 37.5 Å². The summed E-state index contributed by atoms with van der Waals surface area (Å²) in [6, 6.07) is 10.8. The number of methoxy groups -OCH3 is 1. The lowest BCUT2D eigenvalue weighted by molar-refractivity contribution is -0.143. The molecule has 0 bridgehead atoms. The van der Waals surface area contributed by atoms with Gasteiger partial charge in [-0.1, -0.05) is 48.5 Å². The summed E-state index contributed by atoms with van der Waals surface area (Å²) in [4.78, 5) is 14.5. The first-order valence-corrected chi connectivity index (χ1v) is 12.7. The smallest absolute Gasteiger partial charge is 0.254 e. The van der Waals surface area contributed by atoms with Gasteiger partial charge in [0.25, 0.3) is 5.91 Å². The summed E-state index contributed by atoms with van der Waals surface area (Å²) in [7, 11) is -2.89. The molecule has 0 aromatic heterocycles. The van der Waals surface area contributed by atoms with Gasteiger partial charge in [-0.15, -0.1) is 0 Å². The second kappa shape index (κ2) is 9.69. The minimum atomic E-state index is -4.24. The van der Waals surface area contributed by atoms with Crippen LogP contribution in [-0.4, -0.2) is 68.8 Å². The number of nitrogens with one attached hydrogen (secondary N) is 1. The average molecular weight is 495 g/mol. The first-order chi connectivity index (χ1) is 16.2. The predicted octanol–water partition coefficient (Wildman–Crippen LogP) is 2.25. The van der Waals surface area contributed by atoms with E-state index in [1.54, 1.807) is 42.5 Å². The van der Waals surface area contributed by atoms with E-state index in [-0.39, 0.29) is 19.6 Å². The van der Waals surface area contributed by atoms with E-state index in [1.165, 1.54) is 12.0 Å². The molecule has 2 aromatic carbocycles. The number of aliphatic hydroxyl groups excluding tert-OH is 1. The van der Waals surface area contributed by atoms with Crippen LogP contribution in [0.1, 0.15) is 18.4 Å². The van der Waals surface area contributed by atoms with Crippen LogP contribution in [-0.2, 0) is 26.0 Å². The molecule has 1 amide bonds. The second-order valence-corrected chi connectivity index (χ2v) is 10.7. The Bertz CT molecular complexity index is 1140. The Labute approximate surface area is 197 Å². The standard InChI is InChI=1S/C24H28F2N2O5S/c1-33-13-20(29)23(30)28-14-24(10-11-24)22(27-34(31,32)15-25)19(28)12-17-8-5-9-18(21(17)26)16-6-3-2-4-7-16/h2-9,19-20,22,27,29H,10-15H2,1H3/t19-,20+,22+/m0/s1. The van der Waals surface area contributed by atoms with Gasteiger partial charge < -0.3 is 14.7 Å². The highest BCUT2D eigenvalue weighted by Crippen LogP contribution is 2.55. The lowest BCUT2D eigenvalue weighted by Gasteiger charge is -2.30. The zero-order chi connectivity index (χ0) is 24.5. The molecular weight excluding hydrogens is 466 g/mol. The normalized spacial score (nSPS) is 22.2. The van der Waals surface area contributed by atoms with Crippen molar-refractivity contribution >= 4 is 15.9 Å². The van der Waals surface area contributed by atoms with Crippen molar-refractivity contribution in [3.63, 3.8) is 0 Å². The van der Waals surface area contributed by atoms with Crippen molar-refractivity contribution in [1.29, 1.82) is 0 Å². The number of carbonyl (C=O) groups is 1. The number of halogens is 2. The van der Waals surface area contributed by atoms with Gasteiger partial charge in [-0.25, -0.2) is 21.9 Å². The van der Waals surface area contributed by atoms with Crippen molar-refractivity contribution in [2.24, 2.45) is 5.41 Å². The minimum Gasteiger partial charge on any atom is -0.381 e. The Morgan fingerprint density at radius 2 is 1.94 bits per heavy atom. The molecule has 34 heavy (non-hydrogen) atoms. The first-order valence-electron chi connectivity index (χ1n) is 11.1. The number of sulfonamides is 1. The third-order valence-electron chi connectivity index (χ3n) is 6.76. The quantitative estimate of drug-likeness (QED) is 0.558. The number of hydrogen-bond donors (Lipinski definition) is 2. The monoisotopic (exact) mass is 494 g/mol. The number of aliphatic hydroxyl groups is 1. The number of benzene rings is 2. The van der Waals surface area contributed by atoms with Crippen LogP contribution < -0.4 is 4.72 Å². The molecule has 2 N–H and O–H groups in total. The highest BCUT2D eigenvalue weighted by atomic mass is 32.2. The number of alkyl halides is 1. The third-order valence-corrected chi connectivity index (χ3v) is 7.66. The zero-order valence-corrected chi connectivity index (χ0v) is 19.6. The first kappa shape index (κ1) is 24.7. The van der Waals surface area contributed by atoms with Crippen molar-refractivity contribution in [3.8, 4) is 11.1 Å². The van der Waals surface area contributed by atoms with E-state index in [9.17, 15) is 22.7 Å². The van der Waals surface area contributed by atoms with E-state index >= 15 is 4.39 Å². The van der Waals surface area contributed by atoms with Crippen LogP contribution in [0.2, 0.25) is 0 Å². The van der Waals surface area contributed by atoms with Gasteiger partial charge in [0.2, 0.25) is 16.0 Å². The Balaban J connectivity index is 1.71. The van der Waals surface area contributed by atoms with E-state index < -0.39 is 51.4 Å². The van der Waals surface area contributed by atoms with E-state index in [4.69, 9.17) is 4.74 Å². The topological polar surface area (TPSA) is 95.9 Å². The summed E-state index contributed by atoms with van der Waals surface area (Å²) in [6.45, 7) is -0.0372. The molecule has 1 aliphatic carbocycles. The zero-order valence-electron chi connectivity index (χ0n) is 18.8. The fraction of sp³-hybridized carbons (Fsp3) is 0.458. The summed E-state index contributed by atoms with van der Waals surface area (Å²) in [6.07, 6.45) is -0.168. The molecule has 1 saturated heterocycles. The van der Waals surface area contributed by atoms with E-state index in [2.05, 4.69) is 4.72 Å². The number of hydrogen-bond acceptors (Lipinski definition) is 5. The van der Waals surface area contributed by atoms with Crippen LogP contribution in [0.25, 0.3) is 11.1 Å². The van der Waals surface area contributed by atoms with Crippen LogP contribution in [0.15, 0.2) is 48.5 Å². The number of amides is 1. The van der Waals surface area contributed by atoms with Crippen molar-refractivity contribution in [1.82, 2.24) is 9.62 Å². The summed E-state index contributed by atoms with van der Waals surface area (Å²) >= 11 is 0. The summed E-state index contributed by atoms with van der Waals surface area (Å²) in [5.74, 6) is -1.10. The molecule has 2 aliphatic rings. The Hall–Kier alpha value is -2.40. The molecule has 4 rings (SSSR count). The molecule has 1 saturated carbocycles. The molecule has 2 fully saturated rings. The van der Waals surface area contributed by atoms with Gasteiger partial charge in [0.15, 0.2) is 6.10 Å². The highest BCUT2D eigenvalue weighted by molar-refractivity contribution is 7.89. The average Bonchev–Trinajstić information content (AvgIpc) is 3.56. The maximum Gasteiger partial charge on any atom is 0.254 e. The van der Waals surface area contributed by atoms with Crippen LogP contribution in [0.4, 0.5) is 8.78 Å². The molecule has 2 aromatic rings. The number of carbonyl (C=O) groups excluding carboxylic acids is 1. The maximum atomic E-state index is 15.6. The summed E-state index contributed by atoms with van der Waals surface area (Å²) in [5, 5.41) is 10.3. The Morgan fingerprint density at radius 1 is 1.24 bits per heavy atom. The van der Waals surface area contributed by atoms with Gasteiger partial charge in [0.05, 0.1) is 12.6 Å².